The number of phenols is 1. The fourth-order valence-corrected chi connectivity index (χ4v) is 7.77. The number of nitrogens with two attached hydrogens (primary N) is 2. The van der Waals surface area contributed by atoms with Crippen molar-refractivity contribution < 1.29 is 48.6 Å². The zero-order valence-electron chi connectivity index (χ0n) is 40.7. The lowest BCUT2D eigenvalue weighted by Gasteiger charge is -2.32. The monoisotopic (exact) mass is 968 g/mol. The first kappa shape index (κ1) is 56.5. The van der Waals surface area contributed by atoms with Crippen LogP contribution in [-0.2, 0) is 51.2 Å². The number of benzene rings is 1. The number of likely N-dealkylation sites (tertiary alicyclic amines) is 1. The van der Waals surface area contributed by atoms with Gasteiger partial charge in [-0.2, -0.15) is 0 Å². The number of amides is 7. The molecule has 7 amide bonds. The predicted octanol–water partition coefficient (Wildman–Crippen LogP) is -1.09. The lowest BCUT2D eigenvalue weighted by atomic mass is 9.96. The summed E-state index contributed by atoms with van der Waals surface area (Å²) in [4.78, 5) is 122. The third kappa shape index (κ3) is 17.7. The summed E-state index contributed by atoms with van der Waals surface area (Å²) in [6.45, 7) is 10.7. The number of rotatable bonds is 28. The Kier molecular flexibility index (Phi) is 22.9. The summed E-state index contributed by atoms with van der Waals surface area (Å²) in [5, 5.41) is 38.9. The van der Waals surface area contributed by atoms with Crippen LogP contribution in [0.25, 0.3) is 0 Å². The van der Waals surface area contributed by atoms with E-state index < -0.39 is 101 Å². The van der Waals surface area contributed by atoms with Crippen LogP contribution < -0.4 is 48.7 Å². The van der Waals surface area contributed by atoms with Gasteiger partial charge in [0.05, 0.1) is 12.9 Å². The smallest absolute Gasteiger partial charge is 0.326 e. The van der Waals surface area contributed by atoms with Crippen LogP contribution in [0.15, 0.2) is 41.8 Å². The summed E-state index contributed by atoms with van der Waals surface area (Å²) < 4.78 is 0. The van der Waals surface area contributed by atoms with E-state index >= 15 is 0 Å². The Morgan fingerprint density at radius 3 is 1.99 bits per heavy atom. The number of hydrogen-bond donors (Lipinski definition) is 12. The van der Waals surface area contributed by atoms with Gasteiger partial charge in [-0.1, -0.05) is 66.5 Å². The van der Waals surface area contributed by atoms with Gasteiger partial charge in [-0.15, -0.1) is 0 Å². The highest BCUT2D eigenvalue weighted by molar-refractivity contribution is 5.98. The second kappa shape index (κ2) is 27.9. The minimum absolute atomic E-state index is 0.0369. The maximum Gasteiger partial charge on any atom is 0.326 e. The summed E-state index contributed by atoms with van der Waals surface area (Å²) >= 11 is 0. The predicted molar refractivity (Wildman–Crippen MR) is 256 cm³/mol. The number of carbonyl (C=O) groups is 8. The van der Waals surface area contributed by atoms with Gasteiger partial charge in [0.1, 0.15) is 48.0 Å². The number of carboxylic acid groups (broad SMARTS) is 1. The van der Waals surface area contributed by atoms with E-state index in [-0.39, 0.29) is 62.9 Å². The molecule has 1 fully saturated rings. The van der Waals surface area contributed by atoms with Gasteiger partial charge >= 0.3 is 5.97 Å². The molecule has 0 spiro atoms. The molecule has 3 rings (SSSR count). The second-order valence-electron chi connectivity index (χ2n) is 17.9. The number of nitrogens with zero attached hydrogens (tertiary/aromatic N) is 3. The molecule has 1 aliphatic rings. The van der Waals surface area contributed by atoms with Crippen LogP contribution in [0.5, 0.6) is 5.75 Å². The SMILES string of the molecule is CC[C@H](C)[C@H](NC(=O)[C@@H]1CCCN1C(=O)[C@@H](Cc1cnc[nH]1)NC(=O)[C@@H](NC(=O)[C@H](Cc1ccc(O)cc1)NC(=O)[C@@H](NC(=O)[C@H](CCCN=C(N)N)NC(=O)CNC)C(C)C)[C@@H](C)CC)C(=O)O. The van der Waals surface area contributed by atoms with Crippen molar-refractivity contribution in [3.05, 3.63) is 48.0 Å². The van der Waals surface area contributed by atoms with Crippen molar-refractivity contribution in [2.24, 2.45) is 34.2 Å². The van der Waals surface area contributed by atoms with Gasteiger partial charge in [0.15, 0.2) is 5.96 Å². The van der Waals surface area contributed by atoms with Crippen LogP contribution >= 0.6 is 0 Å². The number of aromatic amines is 1. The molecule has 382 valence electrons. The van der Waals surface area contributed by atoms with Gasteiger partial charge in [-0.3, -0.25) is 38.6 Å². The fourth-order valence-electron chi connectivity index (χ4n) is 7.77. The summed E-state index contributed by atoms with van der Waals surface area (Å²) in [6.07, 6.45) is 4.75. The van der Waals surface area contributed by atoms with E-state index in [0.29, 0.717) is 36.9 Å². The molecule has 0 aliphatic carbocycles. The van der Waals surface area contributed by atoms with Crippen LogP contribution in [0.2, 0.25) is 0 Å². The molecular formula is C46H73N13O10. The Hall–Kier alpha value is -6.78. The number of nitrogens with one attached hydrogen (secondary N) is 8. The first-order chi connectivity index (χ1) is 32.7. The first-order valence-corrected chi connectivity index (χ1v) is 23.5. The van der Waals surface area contributed by atoms with Gasteiger partial charge < -0.3 is 68.8 Å². The number of aromatic hydroxyl groups is 1. The standard InChI is InChI=1S/C46H73N13O10/c1-8-26(5)37(43(66)55-33(21-29-22-50-24-52-29)44(67)59-19-11-13-34(59)41(64)58-38(45(68)69)27(6)9-2)57-40(63)32(20-28-14-16-30(60)17-15-28)54-42(65)36(25(3)4)56-39(62)31(53-35(61)23-49-7)12-10-18-51-46(47)48/h14-17,22,24-27,31-34,36-38,49,60H,8-13,18-21,23H2,1-7H3,(H,50,52)(H,53,61)(H,54,65)(H,55,66)(H,56,62)(H,57,63)(H,58,64)(H,68,69)(H4,47,48,51)/t26-,27-,31-,32-,33+,34-,36-,37-,38-/m0/s1. The largest absolute Gasteiger partial charge is 0.508 e. The highest BCUT2D eigenvalue weighted by Crippen LogP contribution is 2.22. The molecule has 1 aromatic heterocycles. The van der Waals surface area contributed by atoms with Gasteiger partial charge in [0.2, 0.25) is 41.4 Å². The Labute approximate surface area is 402 Å². The van der Waals surface area contributed by atoms with E-state index in [2.05, 4.69) is 52.2 Å². The Balaban J connectivity index is 1.92. The molecule has 9 atom stereocenters. The van der Waals surface area contributed by atoms with Gasteiger partial charge in [-0.25, -0.2) is 9.78 Å². The number of guanidine groups is 1. The van der Waals surface area contributed by atoms with Gasteiger partial charge in [-0.05, 0) is 68.2 Å². The van der Waals surface area contributed by atoms with E-state index in [1.807, 2.05) is 13.8 Å². The molecule has 23 nitrogen and oxygen atoms in total. The van der Waals surface area contributed by atoms with Crippen molar-refractivity contribution in [3.63, 3.8) is 0 Å². The number of imidazole rings is 1. The lowest BCUT2D eigenvalue weighted by molar-refractivity contribution is -0.146. The molecule has 1 aromatic carbocycles. The van der Waals surface area contributed by atoms with E-state index in [1.54, 1.807) is 46.9 Å². The number of aliphatic imine (C=N–C) groups is 1. The van der Waals surface area contributed by atoms with Crippen molar-refractivity contribution in [2.45, 2.75) is 135 Å². The quantitative estimate of drug-likeness (QED) is 0.0274. The van der Waals surface area contributed by atoms with Crippen molar-refractivity contribution in [1.29, 1.82) is 0 Å². The van der Waals surface area contributed by atoms with Crippen molar-refractivity contribution in [1.82, 2.24) is 52.1 Å². The highest BCUT2D eigenvalue weighted by Gasteiger charge is 2.41. The van der Waals surface area contributed by atoms with E-state index in [4.69, 9.17) is 11.5 Å². The average molecular weight is 968 g/mol. The number of hydrogen-bond acceptors (Lipinski definition) is 12. The number of likely N-dealkylation sites (N-methyl/N-ethyl adjacent to an activating group) is 1. The lowest BCUT2D eigenvalue weighted by Crippen LogP contribution is -2.62. The van der Waals surface area contributed by atoms with Gasteiger partial charge in [0, 0.05) is 37.8 Å². The summed E-state index contributed by atoms with van der Waals surface area (Å²) in [5.74, 6) is -7.40. The molecule has 0 saturated carbocycles. The number of phenolic OH excluding ortho intramolecular Hbond substituents is 1. The number of aliphatic carboxylic acids is 1. The van der Waals surface area contributed by atoms with Crippen LogP contribution in [0.3, 0.4) is 0 Å². The zero-order chi connectivity index (χ0) is 51.4. The normalized spacial score (nSPS) is 16.9. The first-order valence-electron chi connectivity index (χ1n) is 23.5. The maximum atomic E-state index is 14.5. The number of aromatic nitrogens is 2. The summed E-state index contributed by atoms with van der Waals surface area (Å²) in [5.41, 5.74) is 11.9. The second-order valence-corrected chi connectivity index (χ2v) is 17.9. The molecule has 23 heteroatoms. The summed E-state index contributed by atoms with van der Waals surface area (Å²) in [7, 11) is 1.57. The Bertz CT molecular complexity index is 2060. The maximum absolute atomic E-state index is 14.5. The Morgan fingerprint density at radius 2 is 1.41 bits per heavy atom. The van der Waals surface area contributed by atoms with Gasteiger partial charge in [0.25, 0.3) is 0 Å². The molecule has 1 saturated heterocycles. The molecule has 0 bridgehead atoms. The van der Waals surface area contributed by atoms with Crippen LogP contribution in [0, 0.1) is 17.8 Å². The van der Waals surface area contributed by atoms with Crippen molar-refractivity contribution in [2.75, 3.05) is 26.7 Å². The molecule has 1 aliphatic heterocycles. The highest BCUT2D eigenvalue weighted by atomic mass is 16.4. The van der Waals surface area contributed by atoms with Crippen LogP contribution in [0.4, 0.5) is 0 Å². The molecule has 2 heterocycles. The van der Waals surface area contributed by atoms with E-state index in [1.165, 1.54) is 29.6 Å². The van der Waals surface area contributed by atoms with Crippen LogP contribution in [-0.4, -0.2) is 147 Å². The molecular weight excluding hydrogens is 895 g/mol. The summed E-state index contributed by atoms with van der Waals surface area (Å²) in [6, 6.07) is -2.38. The molecule has 14 N–H and O–H groups in total. The molecule has 0 unspecified atom stereocenters. The molecule has 0 radical (unpaired) electrons. The Morgan fingerprint density at radius 1 is 0.797 bits per heavy atom. The third-order valence-corrected chi connectivity index (χ3v) is 12.2. The number of carbonyl (C=O) groups excluding carboxylic acids is 7. The third-order valence-electron chi connectivity index (χ3n) is 12.2. The minimum Gasteiger partial charge on any atom is -0.508 e. The molecule has 2 aromatic rings. The molecule has 69 heavy (non-hydrogen) atoms. The van der Waals surface area contributed by atoms with E-state index in [0.717, 1.165) is 0 Å². The average Bonchev–Trinajstić information content (AvgIpc) is 4.02. The number of carboxylic acids is 1. The van der Waals surface area contributed by atoms with Crippen LogP contribution in [0.1, 0.15) is 91.3 Å². The topological polar surface area (TPSA) is 358 Å². The van der Waals surface area contributed by atoms with Crippen molar-refractivity contribution >= 4 is 53.3 Å². The van der Waals surface area contributed by atoms with E-state index in [9.17, 15) is 48.6 Å². The zero-order valence-corrected chi connectivity index (χ0v) is 40.7. The minimum atomic E-state index is -1.35. The fraction of sp³-hybridized carbons (Fsp3) is 0.609. The van der Waals surface area contributed by atoms with Crippen molar-refractivity contribution in [3.8, 4) is 5.75 Å². The number of H-pyrrole nitrogens is 1.